The Labute approximate surface area is 365 Å². The van der Waals surface area contributed by atoms with Crippen LogP contribution >= 0.6 is 7.82 Å². The Morgan fingerprint density at radius 2 is 1.02 bits per heavy atom. The maximum absolute atomic E-state index is 12.9. The number of likely N-dealkylation sites (N-methyl/N-ethyl adjacent to an activating group) is 1. The lowest BCUT2D eigenvalue weighted by Crippen LogP contribution is -2.45. The highest BCUT2D eigenvalue weighted by atomic mass is 31.2. The van der Waals surface area contributed by atoms with Crippen molar-refractivity contribution in [1.82, 2.24) is 5.32 Å². The molecule has 0 aliphatic rings. The van der Waals surface area contributed by atoms with E-state index in [0.29, 0.717) is 17.4 Å². The first-order valence-electron chi connectivity index (χ1n) is 24.5. The fourth-order valence-electron chi connectivity index (χ4n) is 6.94. The molecule has 3 unspecified atom stereocenters. The number of amides is 1. The van der Waals surface area contributed by atoms with Crippen LogP contribution in [0.5, 0.6) is 0 Å². The zero-order chi connectivity index (χ0) is 43.6. The number of rotatable bonds is 44. The molecule has 0 bridgehead atoms. The number of quaternary nitrogens is 1. The number of nitrogens with zero attached hydrogens (tertiary/aromatic N) is 1. The Morgan fingerprint density at radius 3 is 1.49 bits per heavy atom. The number of aliphatic hydroxyl groups excluding tert-OH is 1. The number of phosphoric acid groups is 1. The third-order valence-electron chi connectivity index (χ3n) is 10.8. The summed E-state index contributed by atoms with van der Waals surface area (Å²) in [6.07, 6.45) is 53.3. The van der Waals surface area contributed by atoms with Crippen LogP contribution in [0.2, 0.25) is 0 Å². The lowest BCUT2D eigenvalue weighted by molar-refractivity contribution is -0.870. The van der Waals surface area contributed by atoms with Gasteiger partial charge in [-0.3, -0.25) is 13.8 Å². The number of hydrogen-bond donors (Lipinski definition) is 3. The van der Waals surface area contributed by atoms with Crippen molar-refractivity contribution in [2.45, 2.75) is 225 Å². The highest BCUT2D eigenvalue weighted by molar-refractivity contribution is 7.47. The molecule has 8 nitrogen and oxygen atoms in total. The third-order valence-corrected chi connectivity index (χ3v) is 11.8. The molecule has 0 aromatic heterocycles. The Balaban J connectivity index is 4.34. The number of carbonyl (C=O) groups is 1. The van der Waals surface area contributed by atoms with Gasteiger partial charge in [0.05, 0.1) is 39.9 Å². The standard InChI is InChI=1S/C50H95N2O6P/c1-6-8-10-12-14-16-18-20-22-23-24-25-26-27-28-30-31-33-35-37-39-41-43-49(53)48(47-58-59(55,56)57-46-45-52(3,4)5)51-50(54)44-42-40-38-36-34-32-29-21-19-17-15-13-11-9-7-2/h9,11,15,17,21,29,41,43,48-49,53H,6-8,10,12-14,16,18-20,22-28,30-40,42,44-47H2,1-5H3,(H-,51,54,55,56)/p+1/b11-9-,17-15-,29-21-,43-41+. The van der Waals surface area contributed by atoms with Crippen LogP contribution in [0.3, 0.4) is 0 Å². The van der Waals surface area contributed by atoms with Crippen molar-refractivity contribution in [3.05, 3.63) is 48.6 Å². The van der Waals surface area contributed by atoms with E-state index in [2.05, 4.69) is 55.6 Å². The SMILES string of the molecule is CC/C=C\C/C=C\C/C=C\CCCCCCCC(=O)NC(COP(=O)(O)OCC[N+](C)(C)C)C(O)/C=C/CCCCCCCCCCCCCCCCCCCCCC. The molecule has 0 rings (SSSR count). The molecule has 3 N–H and O–H groups in total. The van der Waals surface area contributed by atoms with Crippen LogP contribution < -0.4 is 5.32 Å². The van der Waals surface area contributed by atoms with Crippen LogP contribution in [0.15, 0.2) is 48.6 Å². The number of allylic oxidation sites excluding steroid dienone is 7. The number of nitrogens with one attached hydrogen (secondary N) is 1. The van der Waals surface area contributed by atoms with Gasteiger partial charge in [-0.25, -0.2) is 4.57 Å². The molecule has 3 atom stereocenters. The van der Waals surface area contributed by atoms with Gasteiger partial charge >= 0.3 is 7.82 Å². The molecular formula is C50H96N2O6P+. The number of unbranched alkanes of at least 4 members (excludes halogenated alkanes) is 25. The van der Waals surface area contributed by atoms with Crippen molar-refractivity contribution in [2.24, 2.45) is 0 Å². The quantitative estimate of drug-likeness (QED) is 0.0244. The maximum atomic E-state index is 12.9. The van der Waals surface area contributed by atoms with E-state index < -0.39 is 20.0 Å². The van der Waals surface area contributed by atoms with Gasteiger partial charge in [0.15, 0.2) is 0 Å². The predicted molar refractivity (Wildman–Crippen MR) is 254 cm³/mol. The minimum Gasteiger partial charge on any atom is -0.387 e. The molecule has 0 spiro atoms. The Morgan fingerprint density at radius 1 is 0.593 bits per heavy atom. The van der Waals surface area contributed by atoms with E-state index in [-0.39, 0.29) is 19.1 Å². The van der Waals surface area contributed by atoms with Gasteiger partial charge in [0.2, 0.25) is 5.91 Å². The molecule has 0 aliphatic heterocycles. The zero-order valence-corrected chi connectivity index (χ0v) is 40.1. The molecule has 0 radical (unpaired) electrons. The van der Waals surface area contributed by atoms with E-state index in [1.54, 1.807) is 6.08 Å². The second-order valence-electron chi connectivity index (χ2n) is 17.8. The molecule has 0 aromatic carbocycles. The van der Waals surface area contributed by atoms with Crippen LogP contribution in [0.1, 0.15) is 213 Å². The molecule has 0 aliphatic carbocycles. The van der Waals surface area contributed by atoms with E-state index >= 15 is 0 Å². The van der Waals surface area contributed by atoms with Crippen LogP contribution in [0.4, 0.5) is 0 Å². The summed E-state index contributed by atoms with van der Waals surface area (Å²) in [6.45, 7) is 4.69. The first-order chi connectivity index (χ1) is 28.5. The minimum absolute atomic E-state index is 0.0566. The summed E-state index contributed by atoms with van der Waals surface area (Å²) in [5.41, 5.74) is 0. The smallest absolute Gasteiger partial charge is 0.387 e. The Kier molecular flexibility index (Phi) is 40.7. The van der Waals surface area contributed by atoms with Gasteiger partial charge < -0.3 is 19.8 Å². The second kappa shape index (κ2) is 41.8. The number of carbonyl (C=O) groups excluding carboxylic acids is 1. The number of hydrogen-bond acceptors (Lipinski definition) is 5. The third kappa shape index (κ3) is 44.3. The molecule has 0 saturated heterocycles. The fraction of sp³-hybridized carbons (Fsp3) is 0.820. The molecule has 0 fully saturated rings. The van der Waals surface area contributed by atoms with Crippen molar-refractivity contribution in [3.63, 3.8) is 0 Å². The molecule has 9 heteroatoms. The lowest BCUT2D eigenvalue weighted by Gasteiger charge is -2.25. The second-order valence-corrected chi connectivity index (χ2v) is 19.3. The average molecular weight is 852 g/mol. The molecular weight excluding hydrogens is 756 g/mol. The molecule has 59 heavy (non-hydrogen) atoms. The summed E-state index contributed by atoms with van der Waals surface area (Å²) >= 11 is 0. The van der Waals surface area contributed by atoms with Crippen LogP contribution in [0, 0.1) is 0 Å². The average Bonchev–Trinajstić information content (AvgIpc) is 3.19. The van der Waals surface area contributed by atoms with Crippen molar-refractivity contribution in [1.29, 1.82) is 0 Å². The minimum atomic E-state index is -4.35. The van der Waals surface area contributed by atoms with E-state index in [0.717, 1.165) is 77.0 Å². The van der Waals surface area contributed by atoms with Crippen LogP contribution in [-0.4, -0.2) is 73.4 Å². The normalized spacial score (nSPS) is 14.6. The summed E-state index contributed by atoms with van der Waals surface area (Å²) in [6, 6.07) is -0.856. The van der Waals surface area contributed by atoms with E-state index in [9.17, 15) is 19.4 Å². The Hall–Kier alpha value is -1.54. The van der Waals surface area contributed by atoms with Gasteiger partial charge in [0.1, 0.15) is 13.2 Å². The summed E-state index contributed by atoms with van der Waals surface area (Å²) in [5, 5.41) is 13.9. The van der Waals surface area contributed by atoms with E-state index in [1.807, 2.05) is 27.2 Å². The Bertz CT molecular complexity index is 1100. The molecule has 346 valence electrons. The molecule has 0 saturated carbocycles. The summed E-state index contributed by atoms with van der Waals surface area (Å²) in [7, 11) is 1.56. The van der Waals surface area contributed by atoms with Crippen LogP contribution in [-0.2, 0) is 18.4 Å². The summed E-state index contributed by atoms with van der Waals surface area (Å²) in [4.78, 5) is 23.2. The van der Waals surface area contributed by atoms with Crippen molar-refractivity contribution < 1.29 is 32.9 Å². The monoisotopic (exact) mass is 852 g/mol. The van der Waals surface area contributed by atoms with E-state index in [4.69, 9.17) is 9.05 Å². The fourth-order valence-corrected chi connectivity index (χ4v) is 7.67. The zero-order valence-electron chi connectivity index (χ0n) is 39.2. The van der Waals surface area contributed by atoms with Gasteiger partial charge in [-0.2, -0.15) is 0 Å². The van der Waals surface area contributed by atoms with Crippen molar-refractivity contribution >= 4 is 13.7 Å². The topological polar surface area (TPSA) is 105 Å². The molecule has 0 aromatic rings. The molecule has 1 amide bonds. The highest BCUT2D eigenvalue weighted by Crippen LogP contribution is 2.43. The van der Waals surface area contributed by atoms with Crippen molar-refractivity contribution in [2.75, 3.05) is 40.9 Å². The van der Waals surface area contributed by atoms with Crippen LogP contribution in [0.25, 0.3) is 0 Å². The highest BCUT2D eigenvalue weighted by Gasteiger charge is 2.27. The lowest BCUT2D eigenvalue weighted by atomic mass is 10.0. The van der Waals surface area contributed by atoms with Gasteiger partial charge in [0.25, 0.3) is 0 Å². The van der Waals surface area contributed by atoms with E-state index in [1.165, 1.54) is 116 Å². The largest absolute Gasteiger partial charge is 0.472 e. The maximum Gasteiger partial charge on any atom is 0.472 e. The molecule has 0 heterocycles. The summed E-state index contributed by atoms with van der Waals surface area (Å²) in [5.74, 6) is -0.194. The van der Waals surface area contributed by atoms with Gasteiger partial charge in [-0.1, -0.05) is 204 Å². The van der Waals surface area contributed by atoms with Gasteiger partial charge in [-0.05, 0) is 51.4 Å². The van der Waals surface area contributed by atoms with Crippen molar-refractivity contribution in [3.8, 4) is 0 Å². The number of phosphoric ester groups is 1. The van der Waals surface area contributed by atoms with Gasteiger partial charge in [-0.15, -0.1) is 0 Å². The first-order valence-corrected chi connectivity index (χ1v) is 26.0. The first kappa shape index (κ1) is 57.5. The predicted octanol–water partition coefficient (Wildman–Crippen LogP) is 14.0. The van der Waals surface area contributed by atoms with Gasteiger partial charge in [0, 0.05) is 6.42 Å². The summed E-state index contributed by atoms with van der Waals surface area (Å²) < 4.78 is 23.6. The number of aliphatic hydroxyl groups is 1.